The zero-order valence-electron chi connectivity index (χ0n) is 10.7. The van der Waals surface area contributed by atoms with Crippen molar-refractivity contribution in [3.05, 3.63) is 65.2 Å². The number of hydrogen-bond acceptors (Lipinski definition) is 2. The van der Waals surface area contributed by atoms with Gasteiger partial charge in [-0.1, -0.05) is 36.3 Å². The van der Waals surface area contributed by atoms with E-state index in [0.717, 1.165) is 22.5 Å². The van der Waals surface area contributed by atoms with Gasteiger partial charge in [-0.2, -0.15) is 0 Å². The molecule has 0 bridgehead atoms. The summed E-state index contributed by atoms with van der Waals surface area (Å²) in [6, 6.07) is 16.1. The minimum Gasteiger partial charge on any atom is -0.298 e. The third-order valence-electron chi connectivity index (χ3n) is 2.66. The Morgan fingerprint density at radius 1 is 1.16 bits per heavy atom. The van der Waals surface area contributed by atoms with Gasteiger partial charge in [0, 0.05) is 21.8 Å². The molecule has 0 amide bonds. The lowest BCUT2D eigenvalue weighted by molar-refractivity contribution is 0.112. The lowest BCUT2D eigenvalue weighted by Crippen LogP contribution is -1.88. The summed E-state index contributed by atoms with van der Waals surface area (Å²) in [5.74, 6) is 6.66. The van der Waals surface area contributed by atoms with Gasteiger partial charge in [0.25, 0.3) is 0 Å². The van der Waals surface area contributed by atoms with Crippen molar-refractivity contribution in [3.8, 4) is 11.8 Å². The predicted octanol–water partition coefficient (Wildman–Crippen LogP) is 4.16. The van der Waals surface area contributed by atoms with Gasteiger partial charge in [-0.15, -0.1) is 17.7 Å². The van der Waals surface area contributed by atoms with E-state index < -0.39 is 0 Å². The molecule has 0 atom stereocenters. The molecule has 0 aliphatic carbocycles. The Morgan fingerprint density at radius 2 is 1.95 bits per heavy atom. The van der Waals surface area contributed by atoms with E-state index in [2.05, 4.69) is 24.0 Å². The number of thioether (sulfide) groups is 1. The minimum absolute atomic E-state index is 0.660. The molecule has 0 aromatic heterocycles. The summed E-state index contributed by atoms with van der Waals surface area (Å²) in [7, 11) is 0. The first-order valence-electron chi connectivity index (χ1n) is 6.02. The van der Waals surface area contributed by atoms with Crippen LogP contribution in [0.3, 0.4) is 0 Å². The Bertz CT molecular complexity index is 621. The highest BCUT2D eigenvalue weighted by Gasteiger charge is 2.02. The topological polar surface area (TPSA) is 17.1 Å². The molecule has 0 radical (unpaired) electrons. The van der Waals surface area contributed by atoms with E-state index in [1.54, 1.807) is 18.7 Å². The third kappa shape index (κ3) is 3.74. The van der Waals surface area contributed by atoms with Crippen molar-refractivity contribution in [1.29, 1.82) is 0 Å². The van der Waals surface area contributed by atoms with Crippen molar-refractivity contribution in [2.75, 3.05) is 0 Å². The molecule has 0 N–H and O–H groups in total. The van der Waals surface area contributed by atoms with Gasteiger partial charge in [-0.25, -0.2) is 0 Å². The average Bonchev–Trinajstić information content (AvgIpc) is 2.47. The van der Waals surface area contributed by atoms with Crippen molar-refractivity contribution in [2.45, 2.75) is 17.6 Å². The standard InChI is InChI=1S/C17H14OS/c1-2-6-15-9-10-17(11-16(15)12-18)19-13-14-7-4-3-5-8-14/h3-5,7-12H,13H2,1H3. The molecule has 0 aliphatic rings. The fourth-order valence-electron chi connectivity index (χ4n) is 1.72. The van der Waals surface area contributed by atoms with Crippen LogP contribution in [0.15, 0.2) is 53.4 Å². The largest absolute Gasteiger partial charge is 0.298 e. The van der Waals surface area contributed by atoms with Crippen LogP contribution < -0.4 is 0 Å². The molecule has 0 unspecified atom stereocenters. The van der Waals surface area contributed by atoms with Crippen LogP contribution in [-0.4, -0.2) is 6.29 Å². The highest BCUT2D eigenvalue weighted by molar-refractivity contribution is 7.98. The zero-order valence-corrected chi connectivity index (χ0v) is 11.5. The Balaban J connectivity index is 2.13. The SMILES string of the molecule is CC#Cc1ccc(SCc2ccccc2)cc1C=O. The predicted molar refractivity (Wildman–Crippen MR) is 80.4 cm³/mol. The van der Waals surface area contributed by atoms with E-state index in [1.807, 2.05) is 36.4 Å². The van der Waals surface area contributed by atoms with Crippen molar-refractivity contribution < 1.29 is 4.79 Å². The molecule has 0 aliphatic heterocycles. The van der Waals surface area contributed by atoms with Crippen LogP contribution >= 0.6 is 11.8 Å². The molecule has 0 spiro atoms. The van der Waals surface area contributed by atoms with E-state index >= 15 is 0 Å². The number of benzene rings is 2. The highest BCUT2D eigenvalue weighted by atomic mass is 32.2. The number of carbonyl (C=O) groups is 1. The smallest absolute Gasteiger partial charge is 0.151 e. The van der Waals surface area contributed by atoms with Crippen molar-refractivity contribution >= 4 is 18.0 Å². The second-order valence-electron chi connectivity index (χ2n) is 4.02. The quantitative estimate of drug-likeness (QED) is 0.469. The minimum atomic E-state index is 0.660. The van der Waals surface area contributed by atoms with Crippen LogP contribution in [0.2, 0.25) is 0 Å². The summed E-state index contributed by atoms with van der Waals surface area (Å²) in [5, 5.41) is 0. The van der Waals surface area contributed by atoms with E-state index in [-0.39, 0.29) is 0 Å². The first-order chi connectivity index (χ1) is 9.33. The van der Waals surface area contributed by atoms with Gasteiger partial charge in [-0.3, -0.25) is 4.79 Å². The maximum Gasteiger partial charge on any atom is 0.151 e. The molecule has 1 nitrogen and oxygen atoms in total. The third-order valence-corrected chi connectivity index (χ3v) is 3.72. The summed E-state index contributed by atoms with van der Waals surface area (Å²) in [6.07, 6.45) is 0.867. The molecule has 0 heterocycles. The fraction of sp³-hybridized carbons (Fsp3) is 0.118. The van der Waals surface area contributed by atoms with E-state index in [4.69, 9.17) is 0 Å². The maximum absolute atomic E-state index is 11.1. The van der Waals surface area contributed by atoms with Gasteiger partial charge in [0.2, 0.25) is 0 Å². The molecule has 2 heteroatoms. The number of aldehydes is 1. The van der Waals surface area contributed by atoms with E-state index in [9.17, 15) is 4.79 Å². The summed E-state index contributed by atoms with van der Waals surface area (Å²) in [5.41, 5.74) is 2.73. The van der Waals surface area contributed by atoms with Crippen LogP contribution in [-0.2, 0) is 5.75 Å². The fourth-order valence-corrected chi connectivity index (χ4v) is 2.62. The Kier molecular flexibility index (Phi) is 4.83. The summed E-state index contributed by atoms with van der Waals surface area (Å²) < 4.78 is 0. The Morgan fingerprint density at radius 3 is 2.63 bits per heavy atom. The molecule has 0 saturated carbocycles. The van der Waals surface area contributed by atoms with Crippen molar-refractivity contribution in [3.63, 3.8) is 0 Å². The van der Waals surface area contributed by atoms with Crippen LogP contribution in [0.1, 0.15) is 28.4 Å². The van der Waals surface area contributed by atoms with Gasteiger partial charge in [0.15, 0.2) is 6.29 Å². The molecule has 94 valence electrons. The Labute approximate surface area is 118 Å². The maximum atomic E-state index is 11.1. The highest BCUT2D eigenvalue weighted by Crippen LogP contribution is 2.24. The second-order valence-corrected chi connectivity index (χ2v) is 5.06. The van der Waals surface area contributed by atoms with E-state index in [0.29, 0.717) is 5.56 Å². The first-order valence-corrected chi connectivity index (χ1v) is 7.01. The van der Waals surface area contributed by atoms with Gasteiger partial charge in [-0.05, 0) is 30.7 Å². The second kappa shape index (κ2) is 6.82. The average molecular weight is 266 g/mol. The lowest BCUT2D eigenvalue weighted by atomic mass is 10.1. The van der Waals surface area contributed by atoms with Gasteiger partial charge in [0.1, 0.15) is 0 Å². The van der Waals surface area contributed by atoms with Crippen LogP contribution in [0, 0.1) is 11.8 Å². The lowest BCUT2D eigenvalue weighted by Gasteiger charge is -2.04. The van der Waals surface area contributed by atoms with Crippen LogP contribution in [0.4, 0.5) is 0 Å². The normalized spacial score (nSPS) is 9.53. The molecular weight excluding hydrogens is 252 g/mol. The Hall–Kier alpha value is -1.98. The van der Waals surface area contributed by atoms with E-state index in [1.165, 1.54) is 5.56 Å². The van der Waals surface area contributed by atoms with Gasteiger partial charge >= 0.3 is 0 Å². The molecular formula is C17H14OS. The van der Waals surface area contributed by atoms with Crippen molar-refractivity contribution in [2.24, 2.45) is 0 Å². The first kappa shape index (κ1) is 13.5. The monoisotopic (exact) mass is 266 g/mol. The molecule has 19 heavy (non-hydrogen) atoms. The van der Waals surface area contributed by atoms with Crippen molar-refractivity contribution in [1.82, 2.24) is 0 Å². The molecule has 2 rings (SSSR count). The molecule has 0 saturated heterocycles. The number of rotatable bonds is 4. The van der Waals surface area contributed by atoms with Gasteiger partial charge in [0.05, 0.1) is 0 Å². The molecule has 0 fully saturated rings. The summed E-state index contributed by atoms with van der Waals surface area (Å²) >= 11 is 1.72. The van der Waals surface area contributed by atoms with Crippen LogP contribution in [0.5, 0.6) is 0 Å². The summed E-state index contributed by atoms with van der Waals surface area (Å²) in [4.78, 5) is 12.1. The zero-order chi connectivity index (χ0) is 13.5. The van der Waals surface area contributed by atoms with Gasteiger partial charge < -0.3 is 0 Å². The summed E-state index contributed by atoms with van der Waals surface area (Å²) in [6.45, 7) is 1.77. The number of carbonyl (C=O) groups excluding carboxylic acids is 1. The molecule has 2 aromatic rings. The molecule has 2 aromatic carbocycles. The van der Waals surface area contributed by atoms with Crippen LogP contribution in [0.25, 0.3) is 0 Å². The number of hydrogen-bond donors (Lipinski definition) is 0.